The zero-order chi connectivity index (χ0) is 21.2. The first-order valence-corrected chi connectivity index (χ1v) is 11.3. The minimum atomic E-state index is -0.461. The van der Waals surface area contributed by atoms with E-state index in [0.29, 0.717) is 5.56 Å². The number of hydrogen-bond donors (Lipinski definition) is 0. The van der Waals surface area contributed by atoms with Gasteiger partial charge in [-0.3, -0.25) is 0 Å². The Kier molecular flexibility index (Phi) is 5.23. The molecule has 3 nitrogen and oxygen atoms in total. The lowest BCUT2D eigenvalue weighted by Crippen LogP contribution is -2.13. The number of carbonyl (C=O) groups excluding carboxylic acids is 1. The minimum absolute atomic E-state index is 0.320. The van der Waals surface area contributed by atoms with Crippen molar-refractivity contribution in [2.24, 2.45) is 0 Å². The third kappa shape index (κ3) is 3.71. The summed E-state index contributed by atoms with van der Waals surface area (Å²) in [5.74, 6) is 1.49. The molecule has 4 aromatic carbocycles. The summed E-state index contributed by atoms with van der Waals surface area (Å²) in [7, 11) is 0.963. The number of hydrogen-bond acceptors (Lipinski definition) is 3. The van der Waals surface area contributed by atoms with Gasteiger partial charge in [-0.2, -0.15) is 0 Å². The maximum absolute atomic E-state index is 12.5. The Morgan fingerprint density at radius 3 is 2.32 bits per heavy atom. The highest BCUT2D eigenvalue weighted by Crippen LogP contribution is 2.40. The van der Waals surface area contributed by atoms with Crippen LogP contribution in [0.1, 0.15) is 21.5 Å². The van der Waals surface area contributed by atoms with Crippen molar-refractivity contribution in [1.82, 2.24) is 0 Å². The summed E-state index contributed by atoms with van der Waals surface area (Å²) < 4.78 is 11.2. The molecule has 0 amide bonds. The molecule has 1 atom stereocenters. The number of benzene rings is 4. The number of ether oxygens (including phenoxy) is 2. The van der Waals surface area contributed by atoms with Crippen LogP contribution in [0.15, 0.2) is 112 Å². The zero-order valence-corrected chi connectivity index (χ0v) is 17.9. The first-order chi connectivity index (χ1) is 15.2. The van der Waals surface area contributed by atoms with Gasteiger partial charge in [0.25, 0.3) is 0 Å². The Hall–Kier alpha value is -3.50. The van der Waals surface area contributed by atoms with Crippen molar-refractivity contribution in [2.45, 2.75) is 21.1 Å². The summed E-state index contributed by atoms with van der Waals surface area (Å²) in [5, 5.41) is 0. The molecule has 0 spiro atoms. The molecular formula is C27H21O3S+. The van der Waals surface area contributed by atoms with Crippen molar-refractivity contribution in [1.29, 1.82) is 0 Å². The molecule has 0 bridgehead atoms. The maximum atomic E-state index is 12.5. The van der Waals surface area contributed by atoms with Crippen LogP contribution in [0, 0.1) is 0 Å². The largest absolute Gasteiger partial charge is 0.465 e. The van der Waals surface area contributed by atoms with E-state index in [1.807, 2.05) is 66.7 Å². The average Bonchev–Trinajstić information content (AvgIpc) is 2.83. The Morgan fingerprint density at radius 1 is 0.774 bits per heavy atom. The predicted molar refractivity (Wildman–Crippen MR) is 122 cm³/mol. The van der Waals surface area contributed by atoms with E-state index in [9.17, 15) is 4.79 Å². The van der Waals surface area contributed by atoms with Gasteiger partial charge in [0.1, 0.15) is 28.0 Å². The highest BCUT2D eigenvalue weighted by atomic mass is 32.2. The molecule has 4 aromatic rings. The number of methoxy groups -OCH3 is 1. The molecule has 4 heteroatoms. The van der Waals surface area contributed by atoms with Gasteiger partial charge in [0.05, 0.1) is 7.11 Å². The van der Waals surface area contributed by atoms with Crippen LogP contribution < -0.4 is 4.74 Å². The van der Waals surface area contributed by atoms with E-state index in [1.54, 1.807) is 0 Å². The van der Waals surface area contributed by atoms with Gasteiger partial charge in [-0.15, -0.1) is 0 Å². The molecule has 0 aromatic heterocycles. The number of esters is 1. The van der Waals surface area contributed by atoms with Crippen molar-refractivity contribution >= 4 is 16.9 Å². The standard InChI is InChI=1S/C27H21O3S/c1-29-27(28)23-12-6-8-14-26(23)31(21-10-3-2-4-11-21)22-15-16-25-20(18-22)17-19-9-5-7-13-24(19)30-25/h2-16,18H,17H2,1H3/q+1. The van der Waals surface area contributed by atoms with Gasteiger partial charge < -0.3 is 9.47 Å². The topological polar surface area (TPSA) is 35.5 Å². The second-order valence-electron chi connectivity index (χ2n) is 7.26. The summed E-state index contributed by atoms with van der Waals surface area (Å²) >= 11 is 0. The van der Waals surface area contributed by atoms with Crippen molar-refractivity contribution in [2.75, 3.05) is 7.11 Å². The molecule has 1 aliphatic rings. The first-order valence-electron chi connectivity index (χ1n) is 10.1. The van der Waals surface area contributed by atoms with E-state index < -0.39 is 10.9 Å². The first kappa shape index (κ1) is 19.5. The van der Waals surface area contributed by atoms with Gasteiger partial charge in [-0.05, 0) is 48.0 Å². The van der Waals surface area contributed by atoms with Crippen LogP contribution in [0.25, 0.3) is 0 Å². The lowest BCUT2D eigenvalue weighted by Gasteiger charge is -2.20. The van der Waals surface area contributed by atoms with Crippen molar-refractivity contribution < 1.29 is 14.3 Å². The molecule has 0 N–H and O–H groups in total. The van der Waals surface area contributed by atoms with Crippen molar-refractivity contribution in [3.05, 3.63) is 114 Å². The van der Waals surface area contributed by atoms with Crippen molar-refractivity contribution in [3.63, 3.8) is 0 Å². The van der Waals surface area contributed by atoms with E-state index in [0.717, 1.165) is 38.2 Å². The molecular weight excluding hydrogens is 404 g/mol. The molecule has 0 saturated heterocycles. The van der Waals surface area contributed by atoms with Crippen molar-refractivity contribution in [3.8, 4) is 11.5 Å². The van der Waals surface area contributed by atoms with E-state index >= 15 is 0 Å². The molecule has 31 heavy (non-hydrogen) atoms. The number of para-hydroxylation sites is 1. The van der Waals surface area contributed by atoms with E-state index in [1.165, 1.54) is 12.7 Å². The quantitative estimate of drug-likeness (QED) is 0.252. The maximum Gasteiger partial charge on any atom is 0.343 e. The van der Waals surface area contributed by atoms with Crippen LogP contribution in [0.2, 0.25) is 0 Å². The van der Waals surface area contributed by atoms with Gasteiger partial charge in [0.2, 0.25) is 0 Å². The molecule has 152 valence electrons. The Balaban J connectivity index is 1.64. The Morgan fingerprint density at radius 2 is 1.48 bits per heavy atom. The van der Waals surface area contributed by atoms with Crippen LogP contribution in [-0.2, 0) is 22.1 Å². The van der Waals surface area contributed by atoms with Gasteiger partial charge in [-0.1, -0.05) is 48.5 Å². The third-order valence-electron chi connectivity index (χ3n) is 5.33. The van der Waals surface area contributed by atoms with Crippen LogP contribution in [0.3, 0.4) is 0 Å². The molecule has 1 heterocycles. The molecule has 1 unspecified atom stereocenters. The lowest BCUT2D eigenvalue weighted by molar-refractivity contribution is 0.0596. The Bertz CT molecular complexity index is 1250. The molecule has 0 saturated carbocycles. The van der Waals surface area contributed by atoms with Gasteiger partial charge >= 0.3 is 5.97 Å². The molecule has 1 aliphatic heterocycles. The van der Waals surface area contributed by atoms with E-state index in [-0.39, 0.29) is 5.97 Å². The van der Waals surface area contributed by atoms with Gasteiger partial charge in [-0.25, -0.2) is 4.79 Å². The summed E-state index contributed by atoms with van der Waals surface area (Å²) in [5.41, 5.74) is 2.93. The fraction of sp³-hybridized carbons (Fsp3) is 0.0741. The van der Waals surface area contributed by atoms with Gasteiger partial charge in [0, 0.05) is 18.1 Å². The smallest absolute Gasteiger partial charge is 0.343 e. The average molecular weight is 426 g/mol. The molecule has 0 radical (unpaired) electrons. The Labute approximate surface area is 184 Å². The molecule has 0 fully saturated rings. The van der Waals surface area contributed by atoms with Crippen LogP contribution in [0.5, 0.6) is 11.5 Å². The monoisotopic (exact) mass is 425 g/mol. The fourth-order valence-corrected chi connectivity index (χ4v) is 6.12. The fourth-order valence-electron chi connectivity index (χ4n) is 3.86. The summed E-state index contributed by atoms with van der Waals surface area (Å²) in [4.78, 5) is 15.8. The van der Waals surface area contributed by atoms with Crippen LogP contribution in [0.4, 0.5) is 0 Å². The SMILES string of the molecule is COC(=O)c1ccccc1[S+](c1ccccc1)c1ccc2c(c1)Cc1ccccc1O2. The lowest BCUT2D eigenvalue weighted by atomic mass is 10.0. The highest BCUT2D eigenvalue weighted by Gasteiger charge is 2.34. The second-order valence-corrected chi connectivity index (χ2v) is 9.26. The summed E-state index contributed by atoms with van der Waals surface area (Å²) in [6.07, 6.45) is 0.823. The van der Waals surface area contributed by atoms with Crippen LogP contribution in [-0.4, -0.2) is 13.1 Å². The minimum Gasteiger partial charge on any atom is -0.465 e. The third-order valence-corrected chi connectivity index (χ3v) is 7.60. The number of carbonyl (C=O) groups is 1. The van der Waals surface area contributed by atoms with E-state index in [4.69, 9.17) is 9.47 Å². The van der Waals surface area contributed by atoms with E-state index in [2.05, 4.69) is 30.3 Å². The second kappa shape index (κ2) is 8.32. The molecule has 5 rings (SSSR count). The highest BCUT2D eigenvalue weighted by molar-refractivity contribution is 7.97. The summed E-state index contributed by atoms with van der Waals surface area (Å²) in [6, 6.07) is 32.5. The number of rotatable bonds is 4. The predicted octanol–water partition coefficient (Wildman–Crippen LogP) is 6.27. The normalized spacial score (nSPS) is 12.8. The van der Waals surface area contributed by atoms with Gasteiger partial charge in [0.15, 0.2) is 14.7 Å². The number of fused-ring (bicyclic) bond motifs is 2. The van der Waals surface area contributed by atoms with Crippen LogP contribution >= 0.6 is 0 Å². The molecule has 0 aliphatic carbocycles. The zero-order valence-electron chi connectivity index (χ0n) is 17.1. The summed E-state index contributed by atoms with van der Waals surface area (Å²) in [6.45, 7) is 0.